The van der Waals surface area contributed by atoms with Gasteiger partial charge in [0.2, 0.25) is 11.8 Å². The Bertz CT molecular complexity index is 1460. The summed E-state index contributed by atoms with van der Waals surface area (Å²) in [5.74, 6) is -0.520. The minimum atomic E-state index is -4.19. The number of hydrogen-bond acceptors (Lipinski definition) is 5. The second-order valence-electron chi connectivity index (χ2n) is 11.2. The first-order chi connectivity index (χ1) is 19.2. The van der Waals surface area contributed by atoms with Crippen LogP contribution in [0.3, 0.4) is 0 Å². The first-order valence-corrected chi connectivity index (χ1v) is 15.1. The first kappa shape index (κ1) is 31.7. The number of rotatable bonds is 11. The molecule has 0 aliphatic rings. The third-order valence-corrected chi connectivity index (χ3v) is 8.20. The standard InChI is InChI=1S/C32H41N3O5S/c1-8-40-29-15-10-9-14-28(29)35(41(38,39)27-18-16-23(2)17-19-27)22-30(36)34(21-26-13-11-12-24(3)20-26)25(4)31(37)33-32(5,6)7/h9-20,25H,8,21-22H2,1-7H3,(H,33,37)/t25-/m1/s1. The van der Waals surface area contributed by atoms with Crippen LogP contribution >= 0.6 is 0 Å². The number of benzene rings is 3. The molecular weight excluding hydrogens is 538 g/mol. The maximum absolute atomic E-state index is 14.1. The van der Waals surface area contributed by atoms with Gasteiger partial charge in [-0.05, 0) is 78.3 Å². The molecule has 0 unspecified atom stereocenters. The molecule has 0 spiro atoms. The van der Waals surface area contributed by atoms with E-state index in [-0.39, 0.29) is 23.0 Å². The number of anilines is 1. The van der Waals surface area contributed by atoms with E-state index in [9.17, 15) is 18.0 Å². The van der Waals surface area contributed by atoms with Crippen LogP contribution in [0.1, 0.15) is 51.3 Å². The Morgan fingerprint density at radius 2 is 1.59 bits per heavy atom. The van der Waals surface area contributed by atoms with Gasteiger partial charge in [-0.2, -0.15) is 0 Å². The lowest BCUT2D eigenvalue weighted by Crippen LogP contribution is -2.54. The number of para-hydroxylation sites is 2. The Kier molecular flexibility index (Phi) is 10.2. The van der Waals surface area contributed by atoms with Gasteiger partial charge in [0.1, 0.15) is 18.3 Å². The predicted octanol–water partition coefficient (Wildman–Crippen LogP) is 5.23. The van der Waals surface area contributed by atoms with Crippen molar-refractivity contribution in [2.24, 2.45) is 0 Å². The van der Waals surface area contributed by atoms with Crippen LogP contribution in [0, 0.1) is 13.8 Å². The summed E-state index contributed by atoms with van der Waals surface area (Å²) in [4.78, 5) is 28.9. The normalized spacial score (nSPS) is 12.4. The SMILES string of the molecule is CCOc1ccccc1N(CC(=O)N(Cc1cccc(C)c1)[C@H](C)C(=O)NC(C)(C)C)S(=O)(=O)c1ccc(C)cc1. The average Bonchev–Trinajstić information content (AvgIpc) is 2.90. The van der Waals surface area contributed by atoms with Crippen molar-refractivity contribution in [1.82, 2.24) is 10.2 Å². The van der Waals surface area contributed by atoms with E-state index in [0.29, 0.717) is 12.4 Å². The van der Waals surface area contributed by atoms with Crippen LogP contribution < -0.4 is 14.4 Å². The number of aryl methyl sites for hydroxylation is 2. The van der Waals surface area contributed by atoms with Gasteiger partial charge in [0, 0.05) is 12.1 Å². The number of nitrogens with one attached hydrogen (secondary N) is 1. The summed E-state index contributed by atoms with van der Waals surface area (Å²) in [5, 5.41) is 2.94. The van der Waals surface area contributed by atoms with Crippen LogP contribution in [0.2, 0.25) is 0 Å². The zero-order valence-corrected chi connectivity index (χ0v) is 25.8. The van der Waals surface area contributed by atoms with E-state index >= 15 is 0 Å². The second-order valence-corrected chi connectivity index (χ2v) is 13.0. The third-order valence-electron chi connectivity index (χ3n) is 6.42. The highest BCUT2D eigenvalue weighted by Gasteiger charge is 2.34. The largest absolute Gasteiger partial charge is 0.492 e. The molecular formula is C32H41N3O5S. The monoisotopic (exact) mass is 579 g/mol. The van der Waals surface area contributed by atoms with Crippen molar-refractivity contribution < 1.29 is 22.7 Å². The van der Waals surface area contributed by atoms with Gasteiger partial charge >= 0.3 is 0 Å². The Morgan fingerprint density at radius 3 is 2.20 bits per heavy atom. The highest BCUT2D eigenvalue weighted by Crippen LogP contribution is 2.33. The van der Waals surface area contributed by atoms with Crippen molar-refractivity contribution in [2.75, 3.05) is 17.5 Å². The fourth-order valence-corrected chi connectivity index (χ4v) is 5.78. The quantitative estimate of drug-likeness (QED) is 0.336. The molecule has 0 saturated carbocycles. The van der Waals surface area contributed by atoms with E-state index in [0.717, 1.165) is 21.0 Å². The minimum absolute atomic E-state index is 0.0472. The topological polar surface area (TPSA) is 96.0 Å². The zero-order valence-electron chi connectivity index (χ0n) is 25.0. The number of carbonyl (C=O) groups is 2. The molecule has 0 aliphatic heterocycles. The highest BCUT2D eigenvalue weighted by atomic mass is 32.2. The molecule has 0 radical (unpaired) electrons. The number of amides is 2. The number of hydrogen-bond donors (Lipinski definition) is 1. The van der Waals surface area contributed by atoms with Crippen molar-refractivity contribution in [2.45, 2.75) is 71.5 Å². The van der Waals surface area contributed by atoms with Crippen LogP contribution in [0.15, 0.2) is 77.7 Å². The number of carbonyl (C=O) groups excluding carboxylic acids is 2. The van der Waals surface area contributed by atoms with Gasteiger partial charge in [-0.3, -0.25) is 13.9 Å². The molecule has 0 aromatic heterocycles. The summed E-state index contributed by atoms with van der Waals surface area (Å²) >= 11 is 0. The van der Waals surface area contributed by atoms with Crippen molar-refractivity contribution in [1.29, 1.82) is 0 Å². The summed E-state index contributed by atoms with van der Waals surface area (Å²) in [6, 6.07) is 20.0. The van der Waals surface area contributed by atoms with Crippen LogP contribution in [-0.4, -0.2) is 49.9 Å². The van der Waals surface area contributed by atoms with Gasteiger partial charge in [0.15, 0.2) is 0 Å². The Hall–Kier alpha value is -3.85. The van der Waals surface area contributed by atoms with Crippen LogP contribution in [0.25, 0.3) is 0 Å². The highest BCUT2D eigenvalue weighted by molar-refractivity contribution is 7.92. The third kappa shape index (κ3) is 8.33. The Labute approximate surface area is 244 Å². The molecule has 9 heteroatoms. The molecule has 0 fully saturated rings. The van der Waals surface area contributed by atoms with E-state index in [4.69, 9.17) is 4.74 Å². The number of sulfonamides is 1. The number of ether oxygens (including phenoxy) is 1. The lowest BCUT2D eigenvalue weighted by molar-refractivity contribution is -0.140. The first-order valence-electron chi connectivity index (χ1n) is 13.7. The van der Waals surface area contributed by atoms with Crippen LogP contribution in [0.5, 0.6) is 5.75 Å². The zero-order chi connectivity index (χ0) is 30.4. The van der Waals surface area contributed by atoms with Gasteiger partial charge < -0.3 is 15.0 Å². The fourth-order valence-electron chi connectivity index (χ4n) is 4.36. The molecule has 41 heavy (non-hydrogen) atoms. The van der Waals surface area contributed by atoms with Gasteiger partial charge in [-0.1, -0.05) is 59.7 Å². The van der Waals surface area contributed by atoms with Crippen molar-refractivity contribution in [3.05, 3.63) is 89.5 Å². The molecule has 0 bridgehead atoms. The molecule has 2 amide bonds. The van der Waals surface area contributed by atoms with E-state index < -0.39 is 34.1 Å². The van der Waals surface area contributed by atoms with E-state index in [1.54, 1.807) is 50.2 Å². The average molecular weight is 580 g/mol. The Balaban J connectivity index is 2.09. The lowest BCUT2D eigenvalue weighted by Gasteiger charge is -2.34. The minimum Gasteiger partial charge on any atom is -0.492 e. The molecule has 3 rings (SSSR count). The Morgan fingerprint density at radius 1 is 0.927 bits per heavy atom. The van der Waals surface area contributed by atoms with E-state index in [2.05, 4.69) is 5.32 Å². The molecule has 220 valence electrons. The second kappa shape index (κ2) is 13.2. The lowest BCUT2D eigenvalue weighted by atomic mass is 10.1. The van der Waals surface area contributed by atoms with Crippen molar-refractivity contribution in [3.8, 4) is 5.75 Å². The molecule has 0 heterocycles. The summed E-state index contributed by atoms with van der Waals surface area (Å²) < 4.78 is 35.0. The van der Waals surface area contributed by atoms with Gasteiger partial charge in [0.25, 0.3) is 10.0 Å². The summed E-state index contributed by atoms with van der Waals surface area (Å²) in [6.45, 7) is 12.8. The number of nitrogens with zero attached hydrogens (tertiary/aromatic N) is 2. The molecule has 3 aromatic carbocycles. The van der Waals surface area contributed by atoms with Crippen LogP contribution in [-0.2, 0) is 26.2 Å². The van der Waals surface area contributed by atoms with Gasteiger partial charge in [-0.25, -0.2) is 8.42 Å². The molecule has 1 N–H and O–H groups in total. The summed E-state index contributed by atoms with van der Waals surface area (Å²) in [7, 11) is -4.19. The summed E-state index contributed by atoms with van der Waals surface area (Å²) in [5.41, 5.74) is 2.47. The van der Waals surface area contributed by atoms with Crippen molar-refractivity contribution in [3.63, 3.8) is 0 Å². The maximum Gasteiger partial charge on any atom is 0.264 e. The van der Waals surface area contributed by atoms with E-state index in [1.165, 1.54) is 17.0 Å². The van der Waals surface area contributed by atoms with Crippen molar-refractivity contribution >= 4 is 27.5 Å². The molecule has 8 nitrogen and oxygen atoms in total. The fraction of sp³-hybridized carbons (Fsp3) is 0.375. The smallest absolute Gasteiger partial charge is 0.264 e. The van der Waals surface area contributed by atoms with E-state index in [1.807, 2.05) is 58.9 Å². The molecule has 0 saturated heterocycles. The summed E-state index contributed by atoms with van der Waals surface area (Å²) in [6.07, 6.45) is 0. The van der Waals surface area contributed by atoms with Gasteiger partial charge in [-0.15, -0.1) is 0 Å². The predicted molar refractivity (Wildman–Crippen MR) is 162 cm³/mol. The van der Waals surface area contributed by atoms with Gasteiger partial charge in [0.05, 0.1) is 17.2 Å². The molecule has 3 aromatic rings. The molecule has 0 aliphatic carbocycles. The maximum atomic E-state index is 14.1. The van der Waals surface area contributed by atoms with Crippen LogP contribution in [0.4, 0.5) is 5.69 Å². The molecule has 1 atom stereocenters.